The first kappa shape index (κ1) is 17.7. The standard InChI is InChI=1S/C24H25NO2/c1-3-17-9-13-19(14-10-17)25-21-5-4-6-22(26)24(21)20(15-23(25)27)18-11-7-16(2)8-12-18/h7-14,20H,3-6,15H2,1-2H3. The molecule has 2 aliphatic rings. The molecule has 1 aliphatic heterocycles. The summed E-state index contributed by atoms with van der Waals surface area (Å²) in [6.45, 7) is 4.17. The number of aryl methyl sites for hydroxylation is 2. The maximum absolute atomic E-state index is 13.1. The van der Waals surface area contributed by atoms with Gasteiger partial charge in [-0.2, -0.15) is 0 Å². The van der Waals surface area contributed by atoms with Crippen molar-refractivity contribution in [3.8, 4) is 0 Å². The van der Waals surface area contributed by atoms with E-state index in [1.807, 2.05) is 19.1 Å². The van der Waals surface area contributed by atoms with Crippen molar-refractivity contribution in [1.29, 1.82) is 0 Å². The normalized spacial score (nSPS) is 20.1. The van der Waals surface area contributed by atoms with E-state index in [4.69, 9.17) is 0 Å². The summed E-state index contributed by atoms with van der Waals surface area (Å²) < 4.78 is 0. The van der Waals surface area contributed by atoms with Gasteiger partial charge in [-0.1, -0.05) is 48.9 Å². The van der Waals surface area contributed by atoms with E-state index in [0.717, 1.165) is 41.8 Å². The van der Waals surface area contributed by atoms with Gasteiger partial charge in [-0.3, -0.25) is 14.5 Å². The minimum atomic E-state index is -0.118. The molecule has 2 aromatic carbocycles. The van der Waals surface area contributed by atoms with Gasteiger partial charge in [0.15, 0.2) is 5.78 Å². The highest BCUT2D eigenvalue weighted by atomic mass is 16.2. The summed E-state index contributed by atoms with van der Waals surface area (Å²) >= 11 is 0. The Morgan fingerprint density at radius 1 is 0.963 bits per heavy atom. The van der Waals surface area contributed by atoms with E-state index in [1.54, 1.807) is 4.90 Å². The average molecular weight is 359 g/mol. The van der Waals surface area contributed by atoms with Crippen molar-refractivity contribution in [2.75, 3.05) is 4.90 Å². The molecule has 0 saturated heterocycles. The van der Waals surface area contributed by atoms with E-state index < -0.39 is 0 Å². The van der Waals surface area contributed by atoms with Crippen LogP contribution in [0.3, 0.4) is 0 Å². The minimum Gasteiger partial charge on any atom is -0.294 e. The monoisotopic (exact) mass is 359 g/mol. The molecule has 0 spiro atoms. The zero-order valence-corrected chi connectivity index (χ0v) is 16.0. The van der Waals surface area contributed by atoms with Gasteiger partial charge >= 0.3 is 0 Å². The van der Waals surface area contributed by atoms with Crippen molar-refractivity contribution in [2.24, 2.45) is 0 Å². The highest BCUT2D eigenvalue weighted by Crippen LogP contribution is 2.43. The molecule has 0 aromatic heterocycles. The summed E-state index contributed by atoms with van der Waals surface area (Å²) in [4.78, 5) is 27.8. The lowest BCUT2D eigenvalue weighted by Gasteiger charge is -2.38. The minimum absolute atomic E-state index is 0.0817. The number of hydrogen-bond donors (Lipinski definition) is 0. The van der Waals surface area contributed by atoms with E-state index in [1.165, 1.54) is 11.1 Å². The van der Waals surface area contributed by atoms with Gasteiger partial charge in [-0.25, -0.2) is 0 Å². The summed E-state index contributed by atoms with van der Waals surface area (Å²) in [5, 5.41) is 0. The quantitative estimate of drug-likeness (QED) is 0.766. The lowest BCUT2D eigenvalue weighted by atomic mass is 9.77. The lowest BCUT2D eigenvalue weighted by Crippen LogP contribution is -2.40. The van der Waals surface area contributed by atoms with E-state index in [0.29, 0.717) is 12.8 Å². The van der Waals surface area contributed by atoms with Crippen LogP contribution in [0.15, 0.2) is 59.8 Å². The first-order valence-electron chi connectivity index (χ1n) is 9.83. The van der Waals surface area contributed by atoms with Crippen LogP contribution in [0.4, 0.5) is 5.69 Å². The fraction of sp³-hybridized carbons (Fsp3) is 0.333. The number of hydrogen-bond acceptors (Lipinski definition) is 2. The third kappa shape index (κ3) is 3.23. The molecule has 27 heavy (non-hydrogen) atoms. The zero-order valence-electron chi connectivity index (χ0n) is 16.0. The van der Waals surface area contributed by atoms with Crippen LogP contribution in [0, 0.1) is 6.92 Å². The molecule has 1 unspecified atom stereocenters. The molecule has 0 N–H and O–H groups in total. The second-order valence-electron chi connectivity index (χ2n) is 7.55. The van der Waals surface area contributed by atoms with Crippen LogP contribution >= 0.6 is 0 Å². The van der Waals surface area contributed by atoms with Crippen molar-refractivity contribution in [1.82, 2.24) is 0 Å². The van der Waals surface area contributed by atoms with Crippen LogP contribution in [0.1, 0.15) is 55.2 Å². The Morgan fingerprint density at radius 3 is 2.33 bits per heavy atom. The molecule has 0 fully saturated rings. The number of carbonyl (C=O) groups excluding carboxylic acids is 2. The summed E-state index contributed by atoms with van der Waals surface area (Å²) in [6.07, 6.45) is 3.50. The van der Waals surface area contributed by atoms with Gasteiger partial charge in [0.25, 0.3) is 0 Å². The topological polar surface area (TPSA) is 37.4 Å². The summed E-state index contributed by atoms with van der Waals surface area (Å²) in [5.41, 5.74) is 6.14. The van der Waals surface area contributed by atoms with Gasteiger partial charge in [-0.05, 0) is 49.4 Å². The van der Waals surface area contributed by atoms with Crippen molar-refractivity contribution in [3.63, 3.8) is 0 Å². The summed E-state index contributed by atoms with van der Waals surface area (Å²) in [5.74, 6) is 0.162. The highest BCUT2D eigenvalue weighted by Gasteiger charge is 2.39. The summed E-state index contributed by atoms with van der Waals surface area (Å²) in [6, 6.07) is 16.4. The molecular formula is C24H25NO2. The number of nitrogens with zero attached hydrogens (tertiary/aromatic N) is 1. The first-order valence-corrected chi connectivity index (χ1v) is 9.83. The number of allylic oxidation sites excluding steroid dienone is 2. The van der Waals surface area contributed by atoms with Gasteiger partial charge in [-0.15, -0.1) is 0 Å². The number of rotatable bonds is 3. The van der Waals surface area contributed by atoms with Crippen LogP contribution in [0.5, 0.6) is 0 Å². The molecule has 1 atom stereocenters. The zero-order chi connectivity index (χ0) is 19.0. The fourth-order valence-corrected chi connectivity index (χ4v) is 4.26. The Bertz CT molecular complexity index is 906. The van der Waals surface area contributed by atoms with Crippen molar-refractivity contribution in [3.05, 3.63) is 76.5 Å². The van der Waals surface area contributed by atoms with Crippen molar-refractivity contribution >= 4 is 17.4 Å². The highest BCUT2D eigenvalue weighted by molar-refractivity contribution is 6.07. The lowest BCUT2D eigenvalue weighted by molar-refractivity contribution is -0.119. The first-order chi connectivity index (χ1) is 13.1. The average Bonchev–Trinajstić information content (AvgIpc) is 2.68. The van der Waals surface area contributed by atoms with Crippen LogP contribution in [0.25, 0.3) is 0 Å². The number of carbonyl (C=O) groups is 2. The number of amides is 1. The molecule has 0 bridgehead atoms. The Kier molecular flexibility index (Phi) is 4.69. The maximum atomic E-state index is 13.1. The van der Waals surface area contributed by atoms with Crippen LogP contribution < -0.4 is 4.90 Å². The number of ketones is 1. The largest absolute Gasteiger partial charge is 0.294 e. The molecule has 3 nitrogen and oxygen atoms in total. The smallest absolute Gasteiger partial charge is 0.232 e. The van der Waals surface area contributed by atoms with E-state index in [2.05, 4.69) is 43.3 Å². The molecule has 2 aromatic rings. The maximum Gasteiger partial charge on any atom is 0.232 e. The third-order valence-electron chi connectivity index (χ3n) is 5.76. The van der Waals surface area contributed by atoms with Crippen LogP contribution in [-0.4, -0.2) is 11.7 Å². The van der Waals surface area contributed by atoms with Gasteiger partial charge in [0.05, 0.1) is 0 Å². The van der Waals surface area contributed by atoms with E-state index >= 15 is 0 Å². The molecule has 1 aliphatic carbocycles. The van der Waals surface area contributed by atoms with Gasteiger partial charge in [0.1, 0.15) is 0 Å². The fourth-order valence-electron chi connectivity index (χ4n) is 4.26. The molecular weight excluding hydrogens is 334 g/mol. The van der Waals surface area contributed by atoms with Gasteiger partial charge in [0.2, 0.25) is 5.91 Å². The van der Waals surface area contributed by atoms with Gasteiger partial charge in [0, 0.05) is 35.7 Å². The summed E-state index contributed by atoms with van der Waals surface area (Å²) in [7, 11) is 0. The molecule has 0 radical (unpaired) electrons. The Hall–Kier alpha value is -2.68. The van der Waals surface area contributed by atoms with Crippen molar-refractivity contribution in [2.45, 2.75) is 51.9 Å². The van der Waals surface area contributed by atoms with E-state index in [-0.39, 0.29) is 17.6 Å². The number of anilines is 1. The molecule has 138 valence electrons. The Labute approximate surface area is 160 Å². The second-order valence-corrected chi connectivity index (χ2v) is 7.55. The SMILES string of the molecule is CCc1ccc(N2C(=O)CC(c3ccc(C)cc3)C3=C2CCCC3=O)cc1. The number of benzene rings is 2. The predicted octanol–water partition coefficient (Wildman–Crippen LogP) is 5.09. The van der Waals surface area contributed by atoms with Crippen LogP contribution in [-0.2, 0) is 16.0 Å². The Balaban J connectivity index is 1.81. The third-order valence-corrected chi connectivity index (χ3v) is 5.76. The second kappa shape index (κ2) is 7.15. The molecule has 3 heteroatoms. The Morgan fingerprint density at radius 2 is 1.67 bits per heavy atom. The van der Waals surface area contributed by atoms with Gasteiger partial charge < -0.3 is 0 Å². The van der Waals surface area contributed by atoms with Crippen molar-refractivity contribution < 1.29 is 9.59 Å². The number of Topliss-reactive ketones (excluding diaryl/α,β-unsaturated/α-hetero) is 1. The molecule has 1 heterocycles. The van der Waals surface area contributed by atoms with E-state index in [9.17, 15) is 9.59 Å². The van der Waals surface area contributed by atoms with Crippen LogP contribution in [0.2, 0.25) is 0 Å². The molecule has 4 rings (SSSR count). The predicted molar refractivity (Wildman–Crippen MR) is 108 cm³/mol. The molecule has 0 saturated carbocycles. The molecule has 1 amide bonds.